The van der Waals surface area contributed by atoms with E-state index in [0.717, 1.165) is 6.07 Å². The highest BCUT2D eigenvalue weighted by atomic mass is 35.5. The lowest BCUT2D eigenvalue weighted by molar-refractivity contribution is 0.525. The van der Waals surface area contributed by atoms with Crippen molar-refractivity contribution in [3.63, 3.8) is 0 Å². The largest absolute Gasteiger partial charge is 0.207 e. The van der Waals surface area contributed by atoms with Crippen LogP contribution in [-0.4, -0.2) is 0 Å². The lowest BCUT2D eigenvalue weighted by Crippen LogP contribution is -2.02. The highest BCUT2D eigenvalue weighted by Gasteiger charge is 2.21. The summed E-state index contributed by atoms with van der Waals surface area (Å²) in [7, 11) is 0. The van der Waals surface area contributed by atoms with Gasteiger partial charge in [-0.3, -0.25) is 0 Å². The predicted octanol–water partition coefficient (Wildman–Crippen LogP) is 4.57. The van der Waals surface area contributed by atoms with E-state index in [2.05, 4.69) is 0 Å². The maximum Gasteiger partial charge on any atom is 0.134 e. The van der Waals surface area contributed by atoms with E-state index in [4.69, 9.17) is 11.6 Å². The van der Waals surface area contributed by atoms with Crippen LogP contribution in [0.15, 0.2) is 36.4 Å². The van der Waals surface area contributed by atoms with Gasteiger partial charge < -0.3 is 0 Å². The Morgan fingerprint density at radius 3 is 2.00 bits per heavy atom. The average Bonchev–Trinajstić information content (AvgIpc) is 2.27. The summed E-state index contributed by atoms with van der Waals surface area (Å²) < 4.78 is 52.7. The topological polar surface area (TPSA) is 0 Å². The molecule has 0 amide bonds. The number of benzene rings is 2. The van der Waals surface area contributed by atoms with Gasteiger partial charge in [-0.1, -0.05) is 12.1 Å². The molecule has 2 aromatic rings. The Hall–Kier alpha value is -1.55. The Labute approximate surface area is 106 Å². The number of hydrogen-bond acceptors (Lipinski definition) is 0. The van der Waals surface area contributed by atoms with Crippen LogP contribution in [0.2, 0.25) is 0 Å². The minimum Gasteiger partial charge on any atom is -0.207 e. The zero-order valence-corrected chi connectivity index (χ0v) is 9.69. The van der Waals surface area contributed by atoms with Gasteiger partial charge in [-0.05, 0) is 17.7 Å². The van der Waals surface area contributed by atoms with Crippen LogP contribution in [-0.2, 0) is 0 Å². The zero-order chi connectivity index (χ0) is 13.3. The van der Waals surface area contributed by atoms with Crippen molar-refractivity contribution in [1.82, 2.24) is 0 Å². The van der Waals surface area contributed by atoms with Crippen molar-refractivity contribution in [3.05, 3.63) is 70.8 Å². The van der Waals surface area contributed by atoms with Crippen molar-refractivity contribution in [2.24, 2.45) is 0 Å². The molecule has 2 rings (SSSR count). The SMILES string of the molecule is Fc1cccc(C(Cl)c2c(F)cc(F)cc2F)c1. The molecule has 0 saturated carbocycles. The fourth-order valence-electron chi connectivity index (χ4n) is 1.63. The molecule has 0 heterocycles. The molecule has 0 aliphatic carbocycles. The van der Waals surface area contributed by atoms with Crippen LogP contribution in [0.25, 0.3) is 0 Å². The summed E-state index contributed by atoms with van der Waals surface area (Å²) in [4.78, 5) is 0. The number of hydrogen-bond donors (Lipinski definition) is 0. The summed E-state index contributed by atoms with van der Waals surface area (Å²) in [5.41, 5.74) is -0.301. The van der Waals surface area contributed by atoms with Crippen LogP contribution < -0.4 is 0 Å². The molecular weight excluding hydrogens is 268 g/mol. The van der Waals surface area contributed by atoms with E-state index >= 15 is 0 Å². The molecule has 0 saturated heterocycles. The van der Waals surface area contributed by atoms with Gasteiger partial charge in [0.1, 0.15) is 23.3 Å². The van der Waals surface area contributed by atoms with Gasteiger partial charge in [0.25, 0.3) is 0 Å². The summed E-state index contributed by atoms with van der Waals surface area (Å²) in [6, 6.07) is 6.13. The fourth-order valence-corrected chi connectivity index (χ4v) is 1.97. The van der Waals surface area contributed by atoms with E-state index in [1.54, 1.807) is 0 Å². The number of rotatable bonds is 2. The maximum atomic E-state index is 13.5. The molecular formula is C13H7ClF4. The molecule has 1 atom stereocenters. The van der Waals surface area contributed by atoms with Crippen molar-refractivity contribution in [2.75, 3.05) is 0 Å². The molecule has 1 unspecified atom stereocenters. The van der Waals surface area contributed by atoms with Crippen molar-refractivity contribution in [3.8, 4) is 0 Å². The first-order valence-electron chi connectivity index (χ1n) is 5.03. The van der Waals surface area contributed by atoms with Gasteiger partial charge in [-0.15, -0.1) is 11.6 Å². The van der Waals surface area contributed by atoms with Crippen LogP contribution in [0.3, 0.4) is 0 Å². The van der Waals surface area contributed by atoms with E-state index in [-0.39, 0.29) is 5.56 Å². The Morgan fingerprint density at radius 2 is 1.44 bits per heavy atom. The third kappa shape index (κ3) is 2.48. The summed E-state index contributed by atoms with van der Waals surface area (Å²) in [5.74, 6) is -3.80. The normalized spacial score (nSPS) is 12.5. The Bertz CT molecular complexity index is 560. The first-order valence-corrected chi connectivity index (χ1v) is 5.46. The monoisotopic (exact) mass is 274 g/mol. The number of halogens is 5. The molecule has 0 aliphatic rings. The smallest absolute Gasteiger partial charge is 0.134 e. The van der Waals surface area contributed by atoms with Crippen molar-refractivity contribution < 1.29 is 17.6 Å². The third-order valence-electron chi connectivity index (χ3n) is 2.44. The summed E-state index contributed by atoms with van der Waals surface area (Å²) in [6.07, 6.45) is 0. The lowest BCUT2D eigenvalue weighted by atomic mass is 10.0. The minimum absolute atomic E-state index is 0.195. The summed E-state index contributed by atoms with van der Waals surface area (Å²) in [6.45, 7) is 0. The molecule has 0 N–H and O–H groups in total. The van der Waals surface area contributed by atoms with E-state index in [1.807, 2.05) is 0 Å². The van der Waals surface area contributed by atoms with Crippen molar-refractivity contribution in [1.29, 1.82) is 0 Å². The lowest BCUT2D eigenvalue weighted by Gasteiger charge is -2.12. The molecule has 0 aromatic heterocycles. The van der Waals surface area contributed by atoms with Crippen LogP contribution in [0.1, 0.15) is 16.5 Å². The first kappa shape index (κ1) is 12.9. The molecule has 0 nitrogen and oxygen atoms in total. The zero-order valence-electron chi connectivity index (χ0n) is 8.93. The molecule has 94 valence electrons. The van der Waals surface area contributed by atoms with E-state index in [0.29, 0.717) is 12.1 Å². The van der Waals surface area contributed by atoms with Crippen molar-refractivity contribution >= 4 is 11.6 Å². The Morgan fingerprint density at radius 1 is 0.833 bits per heavy atom. The maximum absolute atomic E-state index is 13.5. The van der Waals surface area contributed by atoms with Gasteiger partial charge in [0.05, 0.1) is 5.38 Å². The molecule has 2 aromatic carbocycles. The fraction of sp³-hybridized carbons (Fsp3) is 0.0769. The Kier molecular flexibility index (Phi) is 3.57. The van der Waals surface area contributed by atoms with Gasteiger partial charge in [0, 0.05) is 17.7 Å². The second kappa shape index (κ2) is 4.98. The molecule has 0 fully saturated rings. The van der Waals surface area contributed by atoms with Crippen LogP contribution in [0.5, 0.6) is 0 Å². The van der Waals surface area contributed by atoms with Gasteiger partial charge in [0.2, 0.25) is 0 Å². The van der Waals surface area contributed by atoms with Gasteiger partial charge in [0.15, 0.2) is 0 Å². The quantitative estimate of drug-likeness (QED) is 0.556. The molecule has 0 bridgehead atoms. The van der Waals surface area contributed by atoms with Crippen molar-refractivity contribution in [2.45, 2.75) is 5.38 Å². The second-order valence-electron chi connectivity index (χ2n) is 3.70. The molecule has 18 heavy (non-hydrogen) atoms. The highest BCUT2D eigenvalue weighted by molar-refractivity contribution is 6.22. The van der Waals surface area contributed by atoms with Crippen LogP contribution in [0.4, 0.5) is 17.6 Å². The van der Waals surface area contributed by atoms with E-state index in [9.17, 15) is 17.6 Å². The van der Waals surface area contributed by atoms with E-state index in [1.165, 1.54) is 18.2 Å². The second-order valence-corrected chi connectivity index (χ2v) is 4.14. The molecule has 0 radical (unpaired) electrons. The molecule has 0 spiro atoms. The Balaban J connectivity index is 2.49. The van der Waals surface area contributed by atoms with Crippen LogP contribution in [0, 0.1) is 23.3 Å². The first-order chi connectivity index (χ1) is 8.49. The molecule has 0 aliphatic heterocycles. The highest BCUT2D eigenvalue weighted by Crippen LogP contribution is 2.33. The summed E-state index contributed by atoms with van der Waals surface area (Å²) >= 11 is 5.90. The standard InChI is InChI=1S/C13H7ClF4/c14-13(7-2-1-3-8(15)4-7)12-10(17)5-9(16)6-11(12)18/h1-6,13H. The number of alkyl halides is 1. The van der Waals surface area contributed by atoms with E-state index < -0.39 is 34.2 Å². The molecule has 5 heteroatoms. The van der Waals surface area contributed by atoms with Gasteiger partial charge >= 0.3 is 0 Å². The third-order valence-corrected chi connectivity index (χ3v) is 2.91. The average molecular weight is 275 g/mol. The van der Waals surface area contributed by atoms with Crippen LogP contribution >= 0.6 is 11.6 Å². The van der Waals surface area contributed by atoms with Gasteiger partial charge in [-0.2, -0.15) is 0 Å². The summed E-state index contributed by atoms with van der Waals surface area (Å²) in [5, 5.41) is -1.22. The minimum atomic E-state index is -1.22. The predicted molar refractivity (Wildman–Crippen MR) is 60.4 cm³/mol. The van der Waals surface area contributed by atoms with Gasteiger partial charge in [-0.25, -0.2) is 17.6 Å².